The summed E-state index contributed by atoms with van der Waals surface area (Å²) < 4.78 is 37.3. The monoisotopic (exact) mass is 281 g/mol. The van der Waals surface area contributed by atoms with Gasteiger partial charge < -0.3 is 10.0 Å². The minimum absolute atomic E-state index is 0.403. The number of halogens is 3. The van der Waals surface area contributed by atoms with Gasteiger partial charge in [-0.3, -0.25) is 4.79 Å². The molecule has 0 spiro atoms. The quantitative estimate of drug-likeness (QED) is 0.871. The number of thiophene rings is 1. The van der Waals surface area contributed by atoms with Crippen molar-refractivity contribution in [1.82, 2.24) is 4.90 Å². The lowest BCUT2D eigenvalue weighted by Gasteiger charge is -2.22. The summed E-state index contributed by atoms with van der Waals surface area (Å²) in [5, 5.41) is 10.5. The minimum atomic E-state index is -4.71. The minimum Gasteiger partial charge on any atom is -0.481 e. The summed E-state index contributed by atoms with van der Waals surface area (Å²) in [6.45, 7) is -0.120. The molecule has 0 amide bonds. The first-order chi connectivity index (χ1) is 8.30. The number of hydrogen-bond donors (Lipinski definition) is 1. The van der Waals surface area contributed by atoms with Gasteiger partial charge in [0.05, 0.1) is 0 Å². The van der Waals surface area contributed by atoms with Crippen LogP contribution < -0.4 is 0 Å². The molecule has 0 aliphatic rings. The van der Waals surface area contributed by atoms with E-state index < -0.39 is 24.6 Å². The zero-order valence-electron chi connectivity index (χ0n) is 9.78. The van der Waals surface area contributed by atoms with Crippen molar-refractivity contribution in [1.29, 1.82) is 0 Å². The summed E-state index contributed by atoms with van der Waals surface area (Å²) in [4.78, 5) is 13.0. The molecule has 0 bridgehead atoms. The van der Waals surface area contributed by atoms with Crippen LogP contribution in [0.5, 0.6) is 0 Å². The molecule has 0 aliphatic heterocycles. The molecule has 0 aromatic carbocycles. The Bertz CT molecular complexity index is 378. The average molecular weight is 281 g/mol. The number of carbonyl (C=O) groups is 1. The average Bonchev–Trinajstić information content (AvgIpc) is 2.73. The summed E-state index contributed by atoms with van der Waals surface area (Å²) in [5.74, 6) is -4.16. The molecule has 7 heteroatoms. The van der Waals surface area contributed by atoms with Crippen molar-refractivity contribution in [2.75, 3.05) is 20.1 Å². The first kappa shape index (κ1) is 15.0. The molecule has 0 saturated carbocycles. The summed E-state index contributed by atoms with van der Waals surface area (Å²) in [5.41, 5.74) is 0. The van der Waals surface area contributed by atoms with E-state index in [2.05, 4.69) is 0 Å². The maximum Gasteiger partial charge on any atom is 0.403 e. The molecular formula is C11H14F3NO2S. The normalized spacial score (nSPS) is 13.8. The Morgan fingerprint density at radius 1 is 1.56 bits per heavy atom. The van der Waals surface area contributed by atoms with E-state index in [1.54, 1.807) is 0 Å². The van der Waals surface area contributed by atoms with E-state index in [4.69, 9.17) is 5.11 Å². The Balaban J connectivity index is 2.46. The topological polar surface area (TPSA) is 40.5 Å². The number of hydrogen-bond acceptors (Lipinski definition) is 3. The summed E-state index contributed by atoms with van der Waals surface area (Å²) in [7, 11) is 1.50. The second-order valence-electron chi connectivity index (χ2n) is 4.02. The van der Waals surface area contributed by atoms with Crippen LogP contribution in [0.15, 0.2) is 17.5 Å². The highest BCUT2D eigenvalue weighted by Crippen LogP contribution is 2.27. The van der Waals surface area contributed by atoms with Crippen LogP contribution in [-0.4, -0.2) is 42.3 Å². The zero-order valence-corrected chi connectivity index (χ0v) is 10.6. The highest BCUT2D eigenvalue weighted by molar-refractivity contribution is 7.09. The van der Waals surface area contributed by atoms with Crippen molar-refractivity contribution in [3.63, 3.8) is 0 Å². The lowest BCUT2D eigenvalue weighted by atomic mass is 10.1. The molecule has 1 heterocycles. The fourth-order valence-electron chi connectivity index (χ4n) is 1.48. The van der Waals surface area contributed by atoms with Crippen molar-refractivity contribution in [3.05, 3.63) is 22.4 Å². The van der Waals surface area contributed by atoms with Crippen LogP contribution in [0.4, 0.5) is 13.2 Å². The van der Waals surface area contributed by atoms with Gasteiger partial charge >= 0.3 is 12.1 Å². The molecule has 1 aromatic rings. The van der Waals surface area contributed by atoms with Crippen LogP contribution in [0.2, 0.25) is 0 Å². The Kier molecular flexibility index (Phi) is 5.15. The first-order valence-electron chi connectivity index (χ1n) is 5.31. The fraction of sp³-hybridized carbons (Fsp3) is 0.545. The molecule has 1 atom stereocenters. The summed E-state index contributed by atoms with van der Waals surface area (Å²) in [6, 6.07) is 3.77. The van der Waals surface area contributed by atoms with E-state index in [9.17, 15) is 18.0 Å². The van der Waals surface area contributed by atoms with Crippen molar-refractivity contribution in [2.45, 2.75) is 12.6 Å². The highest BCUT2D eigenvalue weighted by atomic mass is 32.1. The third kappa shape index (κ3) is 4.66. The van der Waals surface area contributed by atoms with Gasteiger partial charge in [0, 0.05) is 18.0 Å². The van der Waals surface area contributed by atoms with Crippen LogP contribution in [0, 0.1) is 5.92 Å². The van der Waals surface area contributed by atoms with E-state index in [-0.39, 0.29) is 0 Å². The summed E-state index contributed by atoms with van der Waals surface area (Å²) >= 11 is 1.53. The predicted molar refractivity (Wildman–Crippen MR) is 62.7 cm³/mol. The molecule has 1 N–H and O–H groups in total. The Labute approximate surface area is 107 Å². The largest absolute Gasteiger partial charge is 0.481 e. The van der Waals surface area contributed by atoms with Crippen LogP contribution in [0.1, 0.15) is 4.88 Å². The smallest absolute Gasteiger partial charge is 0.403 e. The number of carboxylic acids is 1. The third-order valence-electron chi connectivity index (χ3n) is 2.51. The van der Waals surface area contributed by atoms with Crippen molar-refractivity contribution in [2.24, 2.45) is 5.92 Å². The zero-order chi connectivity index (χ0) is 13.8. The number of alkyl halides is 3. The molecule has 102 valence electrons. The number of likely N-dealkylation sites (N-methyl/N-ethyl adjacent to an activating group) is 1. The SMILES string of the molecule is CN(CCc1cccs1)CC(C(=O)O)C(F)(F)F. The molecule has 1 rings (SSSR count). The summed E-state index contributed by atoms with van der Waals surface area (Å²) in [6.07, 6.45) is -4.08. The van der Waals surface area contributed by atoms with E-state index in [1.165, 1.54) is 23.3 Å². The van der Waals surface area contributed by atoms with Gasteiger partial charge in [-0.2, -0.15) is 13.2 Å². The number of aliphatic carboxylic acids is 1. The maximum atomic E-state index is 12.4. The molecule has 18 heavy (non-hydrogen) atoms. The van der Waals surface area contributed by atoms with E-state index in [0.717, 1.165) is 4.88 Å². The van der Waals surface area contributed by atoms with Gasteiger partial charge in [0.1, 0.15) is 0 Å². The van der Waals surface area contributed by atoms with Gasteiger partial charge in [0.25, 0.3) is 0 Å². The Morgan fingerprint density at radius 2 is 2.22 bits per heavy atom. The van der Waals surface area contributed by atoms with Gasteiger partial charge in [0.15, 0.2) is 5.92 Å². The van der Waals surface area contributed by atoms with Gasteiger partial charge in [-0.05, 0) is 24.9 Å². The molecule has 3 nitrogen and oxygen atoms in total. The molecule has 0 radical (unpaired) electrons. The van der Waals surface area contributed by atoms with Crippen molar-refractivity contribution in [3.8, 4) is 0 Å². The van der Waals surface area contributed by atoms with E-state index >= 15 is 0 Å². The molecule has 1 aromatic heterocycles. The van der Waals surface area contributed by atoms with Crippen LogP contribution in [0.3, 0.4) is 0 Å². The lowest BCUT2D eigenvalue weighted by molar-refractivity contribution is -0.196. The Morgan fingerprint density at radius 3 is 2.67 bits per heavy atom. The molecule has 0 aliphatic carbocycles. The third-order valence-corrected chi connectivity index (χ3v) is 3.44. The standard InChI is InChI=1S/C11H14F3NO2S/c1-15(5-4-8-3-2-6-18-8)7-9(10(16)17)11(12,13)14/h2-3,6,9H,4-5,7H2,1H3,(H,16,17). The maximum absolute atomic E-state index is 12.4. The predicted octanol–water partition coefficient (Wildman–Crippen LogP) is 2.49. The first-order valence-corrected chi connectivity index (χ1v) is 6.19. The molecule has 0 saturated heterocycles. The molecular weight excluding hydrogens is 267 g/mol. The number of carboxylic acid groups (broad SMARTS) is 1. The highest BCUT2D eigenvalue weighted by Gasteiger charge is 2.45. The molecule has 0 fully saturated rings. The van der Waals surface area contributed by atoms with Gasteiger partial charge in [-0.15, -0.1) is 11.3 Å². The number of nitrogens with zero attached hydrogens (tertiary/aromatic N) is 1. The Hall–Kier alpha value is -1.08. The van der Waals surface area contributed by atoms with Gasteiger partial charge in [-0.25, -0.2) is 0 Å². The fourth-order valence-corrected chi connectivity index (χ4v) is 2.18. The van der Waals surface area contributed by atoms with Crippen molar-refractivity contribution >= 4 is 17.3 Å². The van der Waals surface area contributed by atoms with E-state index in [1.807, 2.05) is 17.5 Å². The van der Waals surface area contributed by atoms with Crippen molar-refractivity contribution < 1.29 is 23.1 Å². The molecule has 1 unspecified atom stereocenters. The second-order valence-corrected chi connectivity index (χ2v) is 5.06. The van der Waals surface area contributed by atoms with Gasteiger partial charge in [-0.1, -0.05) is 6.07 Å². The van der Waals surface area contributed by atoms with Crippen LogP contribution in [0.25, 0.3) is 0 Å². The number of rotatable bonds is 6. The second kappa shape index (κ2) is 6.19. The van der Waals surface area contributed by atoms with Crippen LogP contribution in [-0.2, 0) is 11.2 Å². The lowest BCUT2D eigenvalue weighted by Crippen LogP contribution is -2.40. The van der Waals surface area contributed by atoms with Crippen LogP contribution >= 0.6 is 11.3 Å². The van der Waals surface area contributed by atoms with Gasteiger partial charge in [0.2, 0.25) is 0 Å². The van der Waals surface area contributed by atoms with E-state index in [0.29, 0.717) is 13.0 Å².